The Labute approximate surface area is 212 Å². The molecule has 3 heterocycles. The fourth-order valence-corrected chi connectivity index (χ4v) is 5.22. The van der Waals surface area contributed by atoms with E-state index in [9.17, 15) is 14.7 Å². The molecule has 0 unspecified atom stereocenters. The molecule has 0 spiro atoms. The summed E-state index contributed by atoms with van der Waals surface area (Å²) in [5.74, 6) is 1.37. The average molecular weight is 499 g/mol. The summed E-state index contributed by atoms with van der Waals surface area (Å²) in [4.78, 5) is 26.5. The lowest BCUT2D eigenvalue weighted by Crippen LogP contribution is -2.39. The number of aliphatic hydroxyl groups is 1. The molecular weight excluding hydrogens is 472 g/mol. The molecule has 0 radical (unpaired) electrons. The molecule has 4 aromatic rings. The Morgan fingerprint density at radius 1 is 0.973 bits per heavy atom. The first-order chi connectivity index (χ1) is 18.0. The number of hydrogen-bond donors (Lipinski definition) is 2. The first-order valence-corrected chi connectivity index (χ1v) is 12.2. The number of aliphatic hydroxyl groups excluding tert-OH is 1. The zero-order valence-corrected chi connectivity index (χ0v) is 20.2. The van der Waals surface area contributed by atoms with Crippen LogP contribution in [0.5, 0.6) is 11.5 Å². The van der Waals surface area contributed by atoms with Gasteiger partial charge in [-0.25, -0.2) is 4.79 Å². The number of rotatable bonds is 5. The number of aromatic amines is 1. The van der Waals surface area contributed by atoms with Crippen LogP contribution in [0.1, 0.15) is 34.9 Å². The minimum absolute atomic E-state index is 0.0479. The maximum atomic E-state index is 12.4. The Hall–Kier alpha value is -3.98. The van der Waals surface area contributed by atoms with Gasteiger partial charge in [-0.15, -0.1) is 0 Å². The maximum absolute atomic E-state index is 12.4. The molecule has 0 bridgehead atoms. The summed E-state index contributed by atoms with van der Waals surface area (Å²) in [5, 5.41) is 10.9. The number of aromatic nitrogens is 2. The summed E-state index contributed by atoms with van der Waals surface area (Å²) >= 11 is 0. The van der Waals surface area contributed by atoms with Gasteiger partial charge in [0.2, 0.25) is 0 Å². The van der Waals surface area contributed by atoms with Crippen LogP contribution in [0.4, 0.5) is 0 Å². The molecule has 188 valence electrons. The number of para-hydroxylation sites is 2. The van der Waals surface area contributed by atoms with Gasteiger partial charge in [0.15, 0.2) is 5.60 Å². The normalized spacial score (nSPS) is 21.6. The van der Waals surface area contributed by atoms with Crippen molar-refractivity contribution in [3.8, 4) is 11.5 Å². The molecule has 2 N–H and O–H groups in total. The number of nitrogens with zero attached hydrogens (tertiary/aromatic N) is 1. The van der Waals surface area contributed by atoms with E-state index in [1.54, 1.807) is 6.92 Å². The summed E-state index contributed by atoms with van der Waals surface area (Å²) in [7, 11) is 0. The van der Waals surface area contributed by atoms with E-state index < -0.39 is 35.3 Å². The molecule has 2 aliphatic rings. The smallest absolute Gasteiger partial charge is 0.330 e. The first-order valence-electron chi connectivity index (χ1n) is 12.2. The highest BCUT2D eigenvalue weighted by Gasteiger charge is 2.46. The molecule has 1 fully saturated rings. The van der Waals surface area contributed by atoms with Crippen LogP contribution in [0, 0.1) is 6.92 Å². The van der Waals surface area contributed by atoms with E-state index >= 15 is 0 Å². The number of ether oxygens (including phenoxy) is 3. The summed E-state index contributed by atoms with van der Waals surface area (Å²) in [6.07, 6.45) is -0.658. The van der Waals surface area contributed by atoms with E-state index in [0.29, 0.717) is 17.1 Å². The lowest BCUT2D eigenvalue weighted by molar-refractivity contribution is -0.0961. The monoisotopic (exact) mass is 498 g/mol. The third-order valence-electron chi connectivity index (χ3n) is 7.06. The molecular formula is C29H26N2O6. The molecule has 2 aliphatic heterocycles. The van der Waals surface area contributed by atoms with Gasteiger partial charge in [-0.2, -0.15) is 0 Å². The Bertz CT molecular complexity index is 1520. The van der Waals surface area contributed by atoms with Crippen LogP contribution in [-0.2, 0) is 15.1 Å². The SMILES string of the molecule is Cc1cn([C@H]2C[C@@H](O)[C@@H](COC3(c4ccccc4)c4ccccc4Oc4ccccc43)O2)c(=O)[nH]c1=O. The van der Waals surface area contributed by atoms with Crippen LogP contribution in [0.25, 0.3) is 0 Å². The van der Waals surface area contributed by atoms with Crippen molar-refractivity contribution in [2.24, 2.45) is 0 Å². The molecule has 3 aromatic carbocycles. The second-order valence-corrected chi connectivity index (χ2v) is 9.36. The van der Waals surface area contributed by atoms with E-state index in [0.717, 1.165) is 16.7 Å². The number of fused-ring (bicyclic) bond motifs is 2. The Kier molecular flexibility index (Phi) is 5.79. The van der Waals surface area contributed by atoms with Gasteiger partial charge >= 0.3 is 5.69 Å². The van der Waals surface area contributed by atoms with Gasteiger partial charge < -0.3 is 19.3 Å². The van der Waals surface area contributed by atoms with Crippen molar-refractivity contribution in [2.75, 3.05) is 6.61 Å². The van der Waals surface area contributed by atoms with Crippen molar-refractivity contribution in [1.82, 2.24) is 9.55 Å². The minimum Gasteiger partial charge on any atom is -0.457 e. The highest BCUT2D eigenvalue weighted by Crippen LogP contribution is 2.52. The second-order valence-electron chi connectivity index (χ2n) is 9.36. The van der Waals surface area contributed by atoms with Crippen molar-refractivity contribution >= 4 is 0 Å². The van der Waals surface area contributed by atoms with Gasteiger partial charge in [0.25, 0.3) is 5.56 Å². The summed E-state index contributed by atoms with van der Waals surface area (Å²) in [5.41, 5.74) is 0.946. The van der Waals surface area contributed by atoms with Gasteiger partial charge in [0.05, 0.1) is 12.7 Å². The fourth-order valence-electron chi connectivity index (χ4n) is 5.22. The third kappa shape index (κ3) is 3.90. The molecule has 1 saturated heterocycles. The van der Waals surface area contributed by atoms with Gasteiger partial charge in [-0.1, -0.05) is 66.7 Å². The number of aryl methyl sites for hydroxylation is 1. The standard InChI is InChI=1S/C29H26N2O6/c1-18-16-31(28(34)30-27(18)33)26-15-22(32)25(37-26)17-35-29(19-9-3-2-4-10-19)20-11-5-7-13-23(20)36-24-14-8-6-12-21(24)29/h2-14,16,22,25-26,32H,15,17H2,1H3,(H,30,33,34)/t22-,25-,26-/m1/s1. The summed E-state index contributed by atoms with van der Waals surface area (Å²) < 4.78 is 20.5. The molecule has 0 amide bonds. The van der Waals surface area contributed by atoms with E-state index in [1.165, 1.54) is 10.8 Å². The third-order valence-corrected chi connectivity index (χ3v) is 7.06. The molecule has 0 saturated carbocycles. The molecule has 1 aromatic heterocycles. The van der Waals surface area contributed by atoms with Crippen LogP contribution in [0.15, 0.2) is 94.6 Å². The van der Waals surface area contributed by atoms with Crippen LogP contribution in [0.2, 0.25) is 0 Å². The number of hydrogen-bond acceptors (Lipinski definition) is 6. The number of benzene rings is 3. The van der Waals surface area contributed by atoms with Gasteiger partial charge in [0.1, 0.15) is 23.8 Å². The highest BCUT2D eigenvalue weighted by molar-refractivity contribution is 5.61. The lowest BCUT2D eigenvalue weighted by Gasteiger charge is -2.41. The van der Waals surface area contributed by atoms with Crippen LogP contribution >= 0.6 is 0 Å². The highest BCUT2D eigenvalue weighted by atomic mass is 16.6. The zero-order chi connectivity index (χ0) is 25.6. The Balaban J connectivity index is 1.38. The minimum atomic E-state index is -1.01. The van der Waals surface area contributed by atoms with Gasteiger partial charge in [-0.3, -0.25) is 14.3 Å². The van der Waals surface area contributed by atoms with Crippen molar-refractivity contribution in [3.63, 3.8) is 0 Å². The van der Waals surface area contributed by atoms with Gasteiger partial charge in [-0.05, 0) is 24.6 Å². The quantitative estimate of drug-likeness (QED) is 0.436. The van der Waals surface area contributed by atoms with E-state index in [-0.39, 0.29) is 13.0 Å². The molecule has 37 heavy (non-hydrogen) atoms. The lowest BCUT2D eigenvalue weighted by atomic mass is 9.77. The fraction of sp³-hybridized carbons (Fsp3) is 0.241. The van der Waals surface area contributed by atoms with E-state index in [4.69, 9.17) is 14.2 Å². The zero-order valence-electron chi connectivity index (χ0n) is 20.2. The van der Waals surface area contributed by atoms with Crippen molar-refractivity contribution in [3.05, 3.63) is 128 Å². The first kappa shape index (κ1) is 23.4. The molecule has 3 atom stereocenters. The average Bonchev–Trinajstić information content (AvgIpc) is 3.29. The van der Waals surface area contributed by atoms with Crippen LogP contribution in [-0.4, -0.2) is 33.5 Å². The topological polar surface area (TPSA) is 103 Å². The second kappa shape index (κ2) is 9.15. The molecule has 8 heteroatoms. The van der Waals surface area contributed by atoms with E-state index in [1.807, 2.05) is 78.9 Å². The number of nitrogens with one attached hydrogen (secondary N) is 1. The van der Waals surface area contributed by atoms with Crippen LogP contribution in [0.3, 0.4) is 0 Å². The van der Waals surface area contributed by atoms with Crippen LogP contribution < -0.4 is 16.0 Å². The molecule has 0 aliphatic carbocycles. The van der Waals surface area contributed by atoms with Crippen molar-refractivity contribution in [1.29, 1.82) is 0 Å². The number of H-pyrrole nitrogens is 1. The molecule has 6 rings (SSSR count). The Morgan fingerprint density at radius 2 is 1.59 bits per heavy atom. The van der Waals surface area contributed by atoms with Crippen molar-refractivity contribution < 1.29 is 19.3 Å². The van der Waals surface area contributed by atoms with Gasteiger partial charge in [0, 0.05) is 29.3 Å². The summed E-state index contributed by atoms with van der Waals surface area (Å²) in [6, 6.07) is 25.4. The predicted octanol–water partition coefficient (Wildman–Crippen LogP) is 3.61. The predicted molar refractivity (Wildman–Crippen MR) is 136 cm³/mol. The molecule has 8 nitrogen and oxygen atoms in total. The van der Waals surface area contributed by atoms with E-state index in [2.05, 4.69) is 4.98 Å². The maximum Gasteiger partial charge on any atom is 0.330 e. The van der Waals surface area contributed by atoms with Crippen molar-refractivity contribution in [2.45, 2.75) is 37.4 Å². The summed E-state index contributed by atoms with van der Waals surface area (Å²) in [6.45, 7) is 1.66. The Morgan fingerprint density at radius 3 is 2.27 bits per heavy atom. The largest absolute Gasteiger partial charge is 0.457 e.